The van der Waals surface area contributed by atoms with Crippen LogP contribution in [0.1, 0.15) is 58.3 Å². The van der Waals surface area contributed by atoms with E-state index in [4.69, 9.17) is 5.11 Å². The highest BCUT2D eigenvalue weighted by Gasteiger charge is 2.19. The Bertz CT molecular complexity index is 251. The van der Waals surface area contributed by atoms with Gasteiger partial charge in [0, 0.05) is 39.2 Å². The Hall–Kier alpha value is -0.610. The number of unbranched alkanes of at least 4 members (excludes halogenated alkanes) is 5. The van der Waals surface area contributed by atoms with Crippen LogP contribution in [-0.2, 0) is 4.79 Å². The lowest BCUT2D eigenvalue weighted by Crippen LogP contribution is -2.48. The molecule has 1 fully saturated rings. The first-order chi connectivity index (χ1) is 9.77. The summed E-state index contributed by atoms with van der Waals surface area (Å²) in [7, 11) is 0. The molecular formula is C16H32N2O2. The van der Waals surface area contributed by atoms with Crippen LogP contribution in [-0.4, -0.2) is 60.1 Å². The molecule has 0 aromatic heterocycles. The van der Waals surface area contributed by atoms with Crippen molar-refractivity contribution >= 4 is 5.91 Å². The molecule has 118 valence electrons. The Morgan fingerprint density at radius 2 is 1.65 bits per heavy atom. The molecule has 4 nitrogen and oxygen atoms in total. The zero-order chi connectivity index (χ0) is 14.6. The summed E-state index contributed by atoms with van der Waals surface area (Å²) in [5.74, 6) is 0.348. The number of hydrogen-bond acceptors (Lipinski definition) is 3. The third kappa shape index (κ3) is 7.25. The molecule has 0 radical (unpaired) electrons. The minimum absolute atomic E-state index is 0.318. The summed E-state index contributed by atoms with van der Waals surface area (Å²) < 4.78 is 0. The van der Waals surface area contributed by atoms with Crippen LogP contribution in [0.3, 0.4) is 0 Å². The number of carbonyl (C=O) groups is 1. The van der Waals surface area contributed by atoms with Crippen molar-refractivity contribution in [2.75, 3.05) is 39.3 Å². The molecule has 0 bridgehead atoms. The minimum atomic E-state index is 0.318. The summed E-state index contributed by atoms with van der Waals surface area (Å²) in [5.41, 5.74) is 0. The summed E-state index contributed by atoms with van der Waals surface area (Å²) in [6, 6.07) is 0. The fraction of sp³-hybridized carbons (Fsp3) is 0.938. The van der Waals surface area contributed by atoms with E-state index in [-0.39, 0.29) is 0 Å². The van der Waals surface area contributed by atoms with E-state index in [1.807, 2.05) is 4.90 Å². The average molecular weight is 284 g/mol. The molecule has 20 heavy (non-hydrogen) atoms. The van der Waals surface area contributed by atoms with Gasteiger partial charge in [-0.3, -0.25) is 9.69 Å². The predicted molar refractivity (Wildman–Crippen MR) is 82.7 cm³/mol. The van der Waals surface area contributed by atoms with E-state index in [1.54, 1.807) is 0 Å². The lowest BCUT2D eigenvalue weighted by Gasteiger charge is -2.34. The van der Waals surface area contributed by atoms with Gasteiger partial charge in [-0.25, -0.2) is 0 Å². The lowest BCUT2D eigenvalue weighted by atomic mass is 10.1. The van der Waals surface area contributed by atoms with Gasteiger partial charge in [-0.1, -0.05) is 32.6 Å². The molecule has 0 aliphatic carbocycles. The molecule has 1 heterocycles. The highest BCUT2D eigenvalue weighted by Crippen LogP contribution is 2.09. The molecule has 1 aliphatic rings. The molecule has 0 aromatic carbocycles. The summed E-state index contributed by atoms with van der Waals surface area (Å²) >= 11 is 0. The van der Waals surface area contributed by atoms with Crippen LogP contribution in [0.4, 0.5) is 0 Å². The number of aliphatic hydroxyl groups is 1. The molecule has 0 saturated carbocycles. The van der Waals surface area contributed by atoms with Crippen LogP contribution < -0.4 is 0 Å². The second kappa shape index (κ2) is 11.1. The van der Waals surface area contributed by atoms with Gasteiger partial charge in [0.15, 0.2) is 0 Å². The third-order valence-corrected chi connectivity index (χ3v) is 4.10. The van der Waals surface area contributed by atoms with E-state index in [9.17, 15) is 4.79 Å². The van der Waals surface area contributed by atoms with Crippen molar-refractivity contribution in [3.05, 3.63) is 0 Å². The van der Waals surface area contributed by atoms with Crippen LogP contribution in [0, 0.1) is 0 Å². The molecular weight excluding hydrogens is 252 g/mol. The Kier molecular flexibility index (Phi) is 9.67. The first-order valence-corrected chi connectivity index (χ1v) is 8.39. The number of rotatable bonds is 10. The first-order valence-electron chi connectivity index (χ1n) is 8.39. The number of nitrogens with zero attached hydrogens (tertiary/aromatic N) is 2. The Balaban J connectivity index is 2.05. The topological polar surface area (TPSA) is 43.8 Å². The number of amides is 1. The molecule has 4 heteroatoms. The standard InChI is InChI=1S/C16H32N2O2/c1-2-3-6-9-16(20)18-13-11-17(12-14-18)10-7-4-5-8-15-19/h19H,2-15H2,1H3. The summed E-state index contributed by atoms with van der Waals surface area (Å²) in [6.45, 7) is 7.49. The van der Waals surface area contributed by atoms with Gasteiger partial charge in [0.1, 0.15) is 0 Å². The second-order valence-corrected chi connectivity index (χ2v) is 5.82. The number of hydrogen-bond donors (Lipinski definition) is 1. The monoisotopic (exact) mass is 284 g/mol. The molecule has 0 atom stereocenters. The summed E-state index contributed by atoms with van der Waals surface area (Å²) in [4.78, 5) is 16.5. The van der Waals surface area contributed by atoms with Crippen molar-refractivity contribution in [1.29, 1.82) is 0 Å². The molecule has 1 rings (SSSR count). The highest BCUT2D eigenvalue weighted by molar-refractivity contribution is 5.76. The van der Waals surface area contributed by atoms with E-state index < -0.39 is 0 Å². The molecule has 0 spiro atoms. The van der Waals surface area contributed by atoms with Gasteiger partial charge in [-0.2, -0.15) is 0 Å². The second-order valence-electron chi connectivity index (χ2n) is 5.82. The number of piperazine rings is 1. The van der Waals surface area contributed by atoms with Crippen molar-refractivity contribution in [3.63, 3.8) is 0 Å². The fourth-order valence-electron chi connectivity index (χ4n) is 2.71. The van der Waals surface area contributed by atoms with Crippen molar-refractivity contribution in [2.45, 2.75) is 58.3 Å². The molecule has 0 aromatic rings. The normalized spacial score (nSPS) is 16.6. The molecule has 0 unspecified atom stereocenters. The van der Waals surface area contributed by atoms with Crippen molar-refractivity contribution < 1.29 is 9.90 Å². The maximum Gasteiger partial charge on any atom is 0.222 e. The van der Waals surface area contributed by atoms with E-state index in [1.165, 1.54) is 25.7 Å². The SMILES string of the molecule is CCCCCC(=O)N1CCN(CCCCCCO)CC1. The molecule has 1 saturated heterocycles. The molecule has 1 N–H and O–H groups in total. The zero-order valence-electron chi connectivity index (χ0n) is 13.1. The van der Waals surface area contributed by atoms with Crippen LogP contribution >= 0.6 is 0 Å². The fourth-order valence-corrected chi connectivity index (χ4v) is 2.71. The van der Waals surface area contributed by atoms with Gasteiger partial charge >= 0.3 is 0 Å². The average Bonchev–Trinajstić information content (AvgIpc) is 2.48. The smallest absolute Gasteiger partial charge is 0.222 e. The maximum absolute atomic E-state index is 12.0. The van der Waals surface area contributed by atoms with Gasteiger partial charge in [0.25, 0.3) is 0 Å². The summed E-state index contributed by atoms with van der Waals surface area (Å²) in [6.07, 6.45) is 8.60. The molecule has 1 amide bonds. The van der Waals surface area contributed by atoms with Gasteiger partial charge in [0.2, 0.25) is 5.91 Å². The maximum atomic E-state index is 12.0. The van der Waals surface area contributed by atoms with Gasteiger partial charge in [-0.05, 0) is 25.8 Å². The van der Waals surface area contributed by atoms with E-state index >= 15 is 0 Å². The zero-order valence-corrected chi connectivity index (χ0v) is 13.1. The van der Waals surface area contributed by atoms with Crippen molar-refractivity contribution in [2.24, 2.45) is 0 Å². The predicted octanol–water partition coefficient (Wildman–Crippen LogP) is 2.26. The van der Waals surface area contributed by atoms with E-state index in [0.29, 0.717) is 12.5 Å². The van der Waals surface area contributed by atoms with Gasteiger partial charge in [-0.15, -0.1) is 0 Å². The number of aliphatic hydroxyl groups excluding tert-OH is 1. The van der Waals surface area contributed by atoms with Crippen molar-refractivity contribution in [3.8, 4) is 0 Å². The van der Waals surface area contributed by atoms with Gasteiger partial charge in [0.05, 0.1) is 0 Å². The van der Waals surface area contributed by atoms with Gasteiger partial charge < -0.3 is 10.0 Å². The van der Waals surface area contributed by atoms with Crippen LogP contribution in [0.2, 0.25) is 0 Å². The lowest BCUT2D eigenvalue weighted by molar-refractivity contribution is -0.133. The Morgan fingerprint density at radius 3 is 2.30 bits per heavy atom. The largest absolute Gasteiger partial charge is 0.396 e. The summed E-state index contributed by atoms with van der Waals surface area (Å²) in [5, 5.41) is 8.72. The van der Waals surface area contributed by atoms with Crippen LogP contribution in [0.15, 0.2) is 0 Å². The van der Waals surface area contributed by atoms with Crippen LogP contribution in [0.5, 0.6) is 0 Å². The minimum Gasteiger partial charge on any atom is -0.396 e. The molecule has 1 aliphatic heterocycles. The number of carbonyl (C=O) groups excluding carboxylic acids is 1. The third-order valence-electron chi connectivity index (χ3n) is 4.10. The Morgan fingerprint density at radius 1 is 0.950 bits per heavy atom. The van der Waals surface area contributed by atoms with Crippen molar-refractivity contribution in [1.82, 2.24) is 9.80 Å². The van der Waals surface area contributed by atoms with Crippen LogP contribution in [0.25, 0.3) is 0 Å². The Labute approximate surface area is 124 Å². The van der Waals surface area contributed by atoms with E-state index in [0.717, 1.165) is 58.4 Å². The van der Waals surface area contributed by atoms with E-state index in [2.05, 4.69) is 11.8 Å². The quantitative estimate of drug-likeness (QED) is 0.626. The highest BCUT2D eigenvalue weighted by atomic mass is 16.2. The first kappa shape index (κ1) is 17.4.